The van der Waals surface area contributed by atoms with Gasteiger partial charge in [-0.2, -0.15) is 4.31 Å². The summed E-state index contributed by atoms with van der Waals surface area (Å²) in [6.07, 6.45) is 4.15. The smallest absolute Gasteiger partial charge is 0.243 e. The first kappa shape index (κ1) is 14.0. The zero-order valence-corrected chi connectivity index (χ0v) is 12.3. The number of sulfonamides is 1. The summed E-state index contributed by atoms with van der Waals surface area (Å²) in [6, 6.07) is 8.60. The minimum atomic E-state index is -3.43. The van der Waals surface area contributed by atoms with Crippen LogP contribution in [-0.2, 0) is 10.0 Å². The van der Waals surface area contributed by atoms with Crippen LogP contribution in [0.15, 0.2) is 35.2 Å². The summed E-state index contributed by atoms with van der Waals surface area (Å²) >= 11 is 0. The van der Waals surface area contributed by atoms with E-state index in [0.717, 1.165) is 25.7 Å². The standard InChI is InChI=1S/C15H21NO3S/c17-15-10-11-16(14-9-5-4-8-13(14)15)20(18,19)12-6-2-1-3-7-12/h1-3,6-7,13-15,17H,4-5,8-11H2/t13-,14-,15+/m1/s1. The second-order valence-corrected chi connectivity index (χ2v) is 7.69. The molecule has 2 aliphatic rings. The largest absolute Gasteiger partial charge is 0.393 e. The molecule has 0 spiro atoms. The SMILES string of the molecule is O=S(=O)(c1ccccc1)N1CC[C@H](O)[C@@H]2CCCC[C@H]21. The number of rotatable bonds is 2. The summed E-state index contributed by atoms with van der Waals surface area (Å²) < 4.78 is 27.2. The maximum absolute atomic E-state index is 12.8. The van der Waals surface area contributed by atoms with Crippen molar-refractivity contribution in [2.45, 2.75) is 49.1 Å². The molecule has 4 nitrogen and oxygen atoms in total. The average molecular weight is 295 g/mol. The van der Waals surface area contributed by atoms with Gasteiger partial charge in [-0.3, -0.25) is 0 Å². The summed E-state index contributed by atoms with van der Waals surface area (Å²) in [7, 11) is -3.43. The van der Waals surface area contributed by atoms with Crippen LogP contribution in [-0.4, -0.2) is 36.5 Å². The zero-order valence-electron chi connectivity index (χ0n) is 11.5. The second-order valence-electron chi connectivity index (χ2n) is 5.80. The number of aliphatic hydroxyl groups is 1. The molecule has 20 heavy (non-hydrogen) atoms. The molecule has 0 aromatic heterocycles. The van der Waals surface area contributed by atoms with Crippen molar-refractivity contribution in [2.75, 3.05) is 6.54 Å². The summed E-state index contributed by atoms with van der Waals surface area (Å²) in [5.74, 6) is 0.107. The lowest BCUT2D eigenvalue weighted by Gasteiger charge is -2.45. The van der Waals surface area contributed by atoms with Crippen LogP contribution in [0.3, 0.4) is 0 Å². The van der Waals surface area contributed by atoms with Crippen molar-refractivity contribution in [3.63, 3.8) is 0 Å². The average Bonchev–Trinajstić information content (AvgIpc) is 2.48. The third-order valence-corrected chi connectivity index (χ3v) is 6.58. The van der Waals surface area contributed by atoms with Gasteiger partial charge < -0.3 is 5.11 Å². The molecule has 3 rings (SSSR count). The summed E-state index contributed by atoms with van der Waals surface area (Å²) in [4.78, 5) is 0.362. The Morgan fingerprint density at radius 3 is 2.50 bits per heavy atom. The quantitative estimate of drug-likeness (QED) is 0.908. The van der Waals surface area contributed by atoms with Gasteiger partial charge in [-0.1, -0.05) is 31.0 Å². The van der Waals surface area contributed by atoms with Crippen LogP contribution >= 0.6 is 0 Å². The van der Waals surface area contributed by atoms with Gasteiger partial charge in [-0.25, -0.2) is 8.42 Å². The molecular weight excluding hydrogens is 274 g/mol. The van der Waals surface area contributed by atoms with Gasteiger partial charge >= 0.3 is 0 Å². The lowest BCUT2D eigenvalue weighted by Crippen LogP contribution is -2.54. The molecule has 1 aliphatic heterocycles. The van der Waals surface area contributed by atoms with Gasteiger partial charge in [0, 0.05) is 18.5 Å². The molecule has 1 saturated heterocycles. The minimum absolute atomic E-state index is 0.0299. The number of benzene rings is 1. The van der Waals surface area contributed by atoms with Gasteiger partial charge in [0.05, 0.1) is 11.0 Å². The molecule has 110 valence electrons. The summed E-state index contributed by atoms with van der Waals surface area (Å²) in [6.45, 7) is 0.430. The van der Waals surface area contributed by atoms with Gasteiger partial charge in [-0.05, 0) is 31.4 Å². The first-order chi connectivity index (χ1) is 9.60. The second kappa shape index (κ2) is 5.47. The Kier molecular flexibility index (Phi) is 3.84. The Morgan fingerprint density at radius 2 is 1.75 bits per heavy atom. The van der Waals surface area contributed by atoms with Crippen molar-refractivity contribution in [3.8, 4) is 0 Å². The molecule has 1 aromatic rings. The van der Waals surface area contributed by atoms with Crippen LogP contribution in [0.25, 0.3) is 0 Å². The number of hydrogen-bond acceptors (Lipinski definition) is 3. The maximum atomic E-state index is 12.8. The van der Waals surface area contributed by atoms with E-state index in [9.17, 15) is 13.5 Å². The molecule has 3 atom stereocenters. The van der Waals surface area contributed by atoms with E-state index in [2.05, 4.69) is 0 Å². The third-order valence-electron chi connectivity index (χ3n) is 4.64. The predicted octanol–water partition coefficient (Wildman–Crippen LogP) is 2.00. The predicted molar refractivity (Wildman–Crippen MR) is 76.7 cm³/mol. The number of hydrogen-bond donors (Lipinski definition) is 1. The van der Waals surface area contributed by atoms with Crippen LogP contribution in [0.2, 0.25) is 0 Å². The van der Waals surface area contributed by atoms with Gasteiger partial charge in [0.2, 0.25) is 10.0 Å². The van der Waals surface area contributed by atoms with E-state index in [0.29, 0.717) is 17.9 Å². The fourth-order valence-electron chi connectivity index (χ4n) is 3.61. The monoisotopic (exact) mass is 295 g/mol. The van der Waals surface area contributed by atoms with Crippen LogP contribution in [0.5, 0.6) is 0 Å². The lowest BCUT2D eigenvalue weighted by molar-refractivity contribution is -0.00299. The minimum Gasteiger partial charge on any atom is -0.393 e. The van der Waals surface area contributed by atoms with E-state index in [1.807, 2.05) is 6.07 Å². The van der Waals surface area contributed by atoms with E-state index in [-0.39, 0.29) is 18.1 Å². The van der Waals surface area contributed by atoms with Crippen molar-refractivity contribution < 1.29 is 13.5 Å². The maximum Gasteiger partial charge on any atom is 0.243 e. The Morgan fingerprint density at radius 1 is 1.05 bits per heavy atom. The number of nitrogens with zero attached hydrogens (tertiary/aromatic N) is 1. The molecule has 0 unspecified atom stereocenters. The molecule has 5 heteroatoms. The van der Waals surface area contributed by atoms with Crippen LogP contribution in [0, 0.1) is 5.92 Å². The molecule has 0 bridgehead atoms. The highest BCUT2D eigenvalue weighted by Gasteiger charge is 2.43. The summed E-state index contributed by atoms with van der Waals surface area (Å²) in [5.41, 5.74) is 0. The lowest BCUT2D eigenvalue weighted by atomic mass is 9.78. The topological polar surface area (TPSA) is 57.6 Å². The van der Waals surface area contributed by atoms with Crippen molar-refractivity contribution in [2.24, 2.45) is 5.92 Å². The highest BCUT2D eigenvalue weighted by Crippen LogP contribution is 2.38. The van der Waals surface area contributed by atoms with Gasteiger partial charge in [-0.15, -0.1) is 0 Å². The van der Waals surface area contributed by atoms with Crippen molar-refractivity contribution in [3.05, 3.63) is 30.3 Å². The Hall–Kier alpha value is -0.910. The van der Waals surface area contributed by atoms with E-state index < -0.39 is 10.0 Å². The van der Waals surface area contributed by atoms with Crippen molar-refractivity contribution >= 4 is 10.0 Å². The van der Waals surface area contributed by atoms with E-state index >= 15 is 0 Å². The first-order valence-electron chi connectivity index (χ1n) is 7.35. The van der Waals surface area contributed by atoms with Crippen molar-refractivity contribution in [1.82, 2.24) is 4.31 Å². The summed E-state index contributed by atoms with van der Waals surface area (Å²) in [5, 5.41) is 10.1. The highest BCUT2D eigenvalue weighted by atomic mass is 32.2. The van der Waals surface area contributed by atoms with Crippen molar-refractivity contribution in [1.29, 1.82) is 0 Å². The van der Waals surface area contributed by atoms with Crippen LogP contribution in [0.4, 0.5) is 0 Å². The Labute approximate surface area is 120 Å². The van der Waals surface area contributed by atoms with Crippen LogP contribution < -0.4 is 0 Å². The normalized spacial score (nSPS) is 31.8. The number of fused-ring (bicyclic) bond motifs is 1. The molecule has 0 amide bonds. The molecule has 2 fully saturated rings. The molecule has 0 radical (unpaired) electrons. The van der Waals surface area contributed by atoms with E-state index in [4.69, 9.17) is 0 Å². The van der Waals surface area contributed by atoms with Gasteiger partial charge in [0.25, 0.3) is 0 Å². The molecule has 1 heterocycles. The van der Waals surface area contributed by atoms with E-state index in [1.54, 1.807) is 28.6 Å². The molecule has 1 aliphatic carbocycles. The fourth-order valence-corrected chi connectivity index (χ4v) is 5.35. The molecule has 1 N–H and O–H groups in total. The van der Waals surface area contributed by atoms with Gasteiger partial charge in [0.1, 0.15) is 0 Å². The number of piperidine rings is 1. The Bertz CT molecular complexity index is 558. The molecular formula is C15H21NO3S. The van der Waals surface area contributed by atoms with E-state index in [1.165, 1.54) is 0 Å². The fraction of sp³-hybridized carbons (Fsp3) is 0.600. The highest BCUT2D eigenvalue weighted by molar-refractivity contribution is 7.89. The van der Waals surface area contributed by atoms with Crippen LogP contribution in [0.1, 0.15) is 32.1 Å². The van der Waals surface area contributed by atoms with Gasteiger partial charge in [0.15, 0.2) is 0 Å². The molecule has 1 aromatic carbocycles. The first-order valence-corrected chi connectivity index (χ1v) is 8.79. The Balaban J connectivity index is 1.93. The number of aliphatic hydroxyl groups excluding tert-OH is 1. The molecule has 1 saturated carbocycles. The zero-order chi connectivity index (χ0) is 14.2. The third kappa shape index (κ3) is 2.38.